The maximum absolute atomic E-state index is 12.8. The average molecular weight is 445 g/mol. The fourth-order valence-corrected chi connectivity index (χ4v) is 3.30. The zero-order chi connectivity index (χ0) is 23.5. The van der Waals surface area contributed by atoms with Crippen LogP contribution in [0.25, 0.3) is 16.3 Å². The molecule has 2 aromatic rings. The van der Waals surface area contributed by atoms with E-state index in [1.54, 1.807) is 11.1 Å². The number of nitrogens with one attached hydrogen (secondary N) is 1. The van der Waals surface area contributed by atoms with Crippen LogP contribution in [-0.4, -0.2) is 60.3 Å². The van der Waals surface area contributed by atoms with Crippen LogP contribution in [0, 0.1) is 0 Å². The van der Waals surface area contributed by atoms with Gasteiger partial charge < -0.3 is 10.2 Å². The first-order valence-corrected chi connectivity index (χ1v) is 11.1. The Kier molecular flexibility index (Phi) is 10.3. The number of fused-ring (bicyclic) bond motifs is 1. The molecule has 0 atom stereocenters. The molecule has 0 bridgehead atoms. The molecule has 0 aliphatic rings. The van der Waals surface area contributed by atoms with E-state index in [9.17, 15) is 13.6 Å². The molecule has 0 saturated carbocycles. The minimum Gasteiger partial charge on any atom is -0.380 e. The van der Waals surface area contributed by atoms with Crippen LogP contribution in [0.15, 0.2) is 49.3 Å². The maximum atomic E-state index is 12.8. The predicted molar refractivity (Wildman–Crippen MR) is 129 cm³/mol. The smallest absolute Gasteiger partial charge is 0.251 e. The highest BCUT2D eigenvalue weighted by Gasteiger charge is 2.14. The van der Waals surface area contributed by atoms with Gasteiger partial charge in [0.15, 0.2) is 0 Å². The molecule has 1 heterocycles. The Labute approximate surface area is 189 Å². The molecule has 0 fully saturated rings. The lowest BCUT2D eigenvalue weighted by molar-refractivity contribution is -0.116. The molecule has 1 amide bonds. The van der Waals surface area contributed by atoms with E-state index < -0.39 is 6.43 Å². The van der Waals surface area contributed by atoms with Gasteiger partial charge in [-0.1, -0.05) is 38.1 Å². The van der Waals surface area contributed by atoms with Crippen molar-refractivity contribution in [2.45, 2.75) is 39.5 Å². The lowest BCUT2D eigenvalue weighted by Crippen LogP contribution is -2.33. The Morgan fingerprint density at radius 2 is 2.00 bits per heavy atom. The van der Waals surface area contributed by atoms with Crippen molar-refractivity contribution in [3.63, 3.8) is 0 Å². The quantitative estimate of drug-likeness (QED) is 0.420. The van der Waals surface area contributed by atoms with Crippen molar-refractivity contribution in [3.05, 3.63) is 54.9 Å². The molecule has 0 radical (unpaired) electrons. The van der Waals surface area contributed by atoms with Crippen LogP contribution < -0.4 is 5.32 Å². The number of alkyl halides is 2. The number of unbranched alkanes of at least 4 members (excludes halogenated alkanes) is 1. The molecule has 0 saturated heterocycles. The van der Waals surface area contributed by atoms with Gasteiger partial charge in [0, 0.05) is 44.3 Å². The van der Waals surface area contributed by atoms with Gasteiger partial charge in [0.1, 0.15) is 5.82 Å². The Bertz CT molecular complexity index is 929. The second-order valence-corrected chi connectivity index (χ2v) is 7.84. The van der Waals surface area contributed by atoms with Gasteiger partial charge in [0.05, 0.1) is 6.54 Å². The van der Waals surface area contributed by atoms with Crippen molar-refractivity contribution in [1.29, 1.82) is 0 Å². The third-order valence-electron chi connectivity index (χ3n) is 5.28. The lowest BCUT2D eigenvalue weighted by Gasteiger charge is -2.21. The van der Waals surface area contributed by atoms with Crippen molar-refractivity contribution in [1.82, 2.24) is 14.8 Å². The van der Waals surface area contributed by atoms with E-state index in [1.165, 1.54) is 0 Å². The average Bonchev–Trinajstić information content (AvgIpc) is 2.78. The predicted octanol–water partition coefficient (Wildman–Crippen LogP) is 5.41. The van der Waals surface area contributed by atoms with Gasteiger partial charge in [-0.25, -0.2) is 13.8 Å². The molecule has 1 aromatic carbocycles. The first-order chi connectivity index (χ1) is 15.4. The summed E-state index contributed by atoms with van der Waals surface area (Å²) in [7, 11) is 2.01. The summed E-state index contributed by atoms with van der Waals surface area (Å²) in [4.78, 5) is 20.4. The molecular weight excluding hydrogens is 410 g/mol. The number of carbonyl (C=O) groups excluding carboxylic acids is 1. The Morgan fingerprint density at radius 3 is 2.66 bits per heavy atom. The largest absolute Gasteiger partial charge is 0.380 e. The first kappa shape index (κ1) is 25.5. The summed E-state index contributed by atoms with van der Waals surface area (Å²) in [5.74, 6) is 0.212. The number of allylic oxidation sites excluding steroid dienone is 2. The minimum atomic E-state index is -2.40. The van der Waals surface area contributed by atoms with E-state index in [2.05, 4.69) is 28.7 Å². The molecule has 0 aliphatic heterocycles. The summed E-state index contributed by atoms with van der Waals surface area (Å²) in [6.45, 7) is 9.45. The number of aromatic nitrogens is 1. The molecule has 0 unspecified atom stereocenters. The standard InChI is InChI=1S/C25H34F2N4O/c1-5-8-12-31(18-23(26)27)13-11-25(32)29-24-15-22-14-20(9-10-21(22)16-28-24)19(6-2)17-30(4)7-3/h6,9-10,14-17,23H,2,5,7-8,11-13,18H2,1,3-4H3,(H,28,29,32)/b19-17+. The number of amides is 1. The molecule has 5 nitrogen and oxygen atoms in total. The second kappa shape index (κ2) is 12.9. The van der Waals surface area contributed by atoms with Crippen molar-refractivity contribution in [2.24, 2.45) is 0 Å². The third kappa shape index (κ3) is 8.04. The molecule has 32 heavy (non-hydrogen) atoms. The van der Waals surface area contributed by atoms with E-state index in [4.69, 9.17) is 0 Å². The van der Waals surface area contributed by atoms with Gasteiger partial charge in [0.2, 0.25) is 5.91 Å². The van der Waals surface area contributed by atoms with Crippen molar-refractivity contribution >= 4 is 28.1 Å². The molecule has 2 rings (SSSR count). The van der Waals surface area contributed by atoms with Crippen LogP contribution >= 0.6 is 0 Å². The number of hydrogen-bond donors (Lipinski definition) is 1. The highest BCUT2D eigenvalue weighted by Crippen LogP contribution is 2.24. The van der Waals surface area contributed by atoms with E-state index in [0.717, 1.165) is 41.3 Å². The highest BCUT2D eigenvalue weighted by molar-refractivity contribution is 5.94. The molecule has 174 valence electrons. The fourth-order valence-electron chi connectivity index (χ4n) is 3.30. The monoisotopic (exact) mass is 444 g/mol. The van der Waals surface area contributed by atoms with Gasteiger partial charge in [0.25, 0.3) is 6.43 Å². The summed E-state index contributed by atoms with van der Waals surface area (Å²) in [5, 5.41) is 4.70. The van der Waals surface area contributed by atoms with Gasteiger partial charge >= 0.3 is 0 Å². The number of anilines is 1. The van der Waals surface area contributed by atoms with Gasteiger partial charge in [-0.2, -0.15) is 0 Å². The molecule has 1 N–H and O–H groups in total. The topological polar surface area (TPSA) is 48.5 Å². The third-order valence-corrected chi connectivity index (χ3v) is 5.28. The van der Waals surface area contributed by atoms with Gasteiger partial charge in [-0.3, -0.25) is 9.69 Å². The van der Waals surface area contributed by atoms with Crippen LogP contribution in [0.5, 0.6) is 0 Å². The number of carbonyl (C=O) groups is 1. The molecule has 1 aromatic heterocycles. The summed E-state index contributed by atoms with van der Waals surface area (Å²) in [6.07, 6.45) is 5.07. The second-order valence-electron chi connectivity index (χ2n) is 7.84. The SMILES string of the molecule is C=C/C(=C\N(C)CC)c1ccc2cnc(NC(=O)CCN(CCCC)CC(F)F)cc2c1. The summed E-state index contributed by atoms with van der Waals surface area (Å²) in [5.41, 5.74) is 2.03. The van der Waals surface area contributed by atoms with Crippen molar-refractivity contribution in [2.75, 3.05) is 38.5 Å². The van der Waals surface area contributed by atoms with Crippen LogP contribution in [0.2, 0.25) is 0 Å². The number of nitrogens with zero attached hydrogens (tertiary/aromatic N) is 3. The summed E-state index contributed by atoms with van der Waals surface area (Å²) >= 11 is 0. The number of hydrogen-bond acceptors (Lipinski definition) is 4. The Balaban J connectivity index is 2.09. The van der Waals surface area contributed by atoms with Crippen LogP contribution in [-0.2, 0) is 4.79 Å². The van der Waals surface area contributed by atoms with Crippen LogP contribution in [0.4, 0.5) is 14.6 Å². The lowest BCUT2D eigenvalue weighted by atomic mass is 10.0. The molecule has 0 aliphatic carbocycles. The Hall–Kier alpha value is -2.80. The van der Waals surface area contributed by atoms with Crippen molar-refractivity contribution < 1.29 is 13.6 Å². The van der Waals surface area contributed by atoms with Crippen LogP contribution in [0.3, 0.4) is 0 Å². The first-order valence-electron chi connectivity index (χ1n) is 11.1. The zero-order valence-electron chi connectivity index (χ0n) is 19.3. The number of halogens is 2. The Morgan fingerprint density at radius 1 is 1.22 bits per heavy atom. The maximum Gasteiger partial charge on any atom is 0.251 e. The van der Waals surface area contributed by atoms with E-state index in [-0.39, 0.29) is 18.9 Å². The van der Waals surface area contributed by atoms with Gasteiger partial charge in [-0.15, -0.1) is 0 Å². The molecular formula is C25H34F2N4O. The number of pyridine rings is 1. The van der Waals surface area contributed by atoms with E-state index >= 15 is 0 Å². The molecule has 7 heteroatoms. The normalized spacial score (nSPS) is 11.9. The van der Waals surface area contributed by atoms with Crippen molar-refractivity contribution in [3.8, 4) is 0 Å². The highest BCUT2D eigenvalue weighted by atomic mass is 19.3. The summed E-state index contributed by atoms with van der Waals surface area (Å²) in [6, 6.07) is 7.88. The van der Waals surface area contributed by atoms with E-state index in [0.29, 0.717) is 18.9 Å². The van der Waals surface area contributed by atoms with Gasteiger partial charge in [-0.05, 0) is 48.5 Å². The number of benzene rings is 1. The molecule has 0 spiro atoms. The number of rotatable bonds is 13. The summed E-state index contributed by atoms with van der Waals surface area (Å²) < 4.78 is 25.5. The van der Waals surface area contributed by atoms with Crippen LogP contribution in [0.1, 0.15) is 38.7 Å². The zero-order valence-corrected chi connectivity index (χ0v) is 19.3. The van der Waals surface area contributed by atoms with E-state index in [1.807, 2.05) is 50.5 Å². The fraction of sp³-hybridized carbons (Fsp3) is 0.440. The minimum absolute atomic E-state index is 0.142.